The second-order valence-corrected chi connectivity index (χ2v) is 7.43. The molecule has 0 unspecified atom stereocenters. The topological polar surface area (TPSA) is 77.6 Å². The molecule has 0 spiro atoms. The van der Waals surface area contributed by atoms with Crippen LogP contribution in [0.2, 0.25) is 0 Å². The number of carbonyl (C=O) groups is 2. The van der Waals surface area contributed by atoms with Crippen molar-refractivity contribution in [3.63, 3.8) is 0 Å². The number of allylic oxidation sites excluding steroid dienone is 1. The number of carbonyl (C=O) groups excluding carboxylic acids is 2. The average Bonchev–Trinajstić information content (AvgIpc) is 2.79. The van der Waals surface area contributed by atoms with Gasteiger partial charge in [-0.15, -0.1) is 0 Å². The minimum atomic E-state index is -0.0866. The number of benzene rings is 1. The van der Waals surface area contributed by atoms with Crippen molar-refractivity contribution < 1.29 is 9.59 Å². The van der Waals surface area contributed by atoms with Gasteiger partial charge in [-0.3, -0.25) is 9.59 Å². The van der Waals surface area contributed by atoms with Gasteiger partial charge in [-0.2, -0.15) is 0 Å². The van der Waals surface area contributed by atoms with Gasteiger partial charge in [-0.1, -0.05) is 31.2 Å². The van der Waals surface area contributed by atoms with Crippen LogP contribution in [-0.2, 0) is 22.6 Å². The van der Waals surface area contributed by atoms with Gasteiger partial charge in [-0.25, -0.2) is 4.98 Å². The molecule has 1 aliphatic rings. The second-order valence-electron chi connectivity index (χ2n) is 7.43. The smallest absolute Gasteiger partial charge is 0.246 e. The maximum Gasteiger partial charge on any atom is 0.246 e. The van der Waals surface area contributed by atoms with Crippen molar-refractivity contribution in [2.24, 2.45) is 0 Å². The number of aromatic nitrogens is 1. The quantitative estimate of drug-likeness (QED) is 0.483. The number of fused-ring (bicyclic) bond motifs is 1. The van der Waals surface area contributed by atoms with Crippen LogP contribution in [0.5, 0.6) is 0 Å². The fourth-order valence-corrected chi connectivity index (χ4v) is 3.52. The van der Waals surface area contributed by atoms with Crippen molar-refractivity contribution in [2.75, 3.05) is 37.4 Å². The number of pyridine rings is 1. The van der Waals surface area contributed by atoms with Crippen LogP contribution < -0.4 is 15.5 Å². The monoisotopic (exact) mass is 419 g/mol. The van der Waals surface area contributed by atoms with Crippen LogP contribution in [0.1, 0.15) is 23.6 Å². The molecule has 0 aliphatic carbocycles. The first kappa shape index (κ1) is 22.2. The first-order valence-electron chi connectivity index (χ1n) is 10.4. The van der Waals surface area contributed by atoms with Gasteiger partial charge in [-0.05, 0) is 42.3 Å². The largest absolute Gasteiger partial charge is 0.347 e. The Morgan fingerprint density at radius 2 is 2.13 bits per heavy atom. The van der Waals surface area contributed by atoms with Crippen LogP contribution in [0, 0.1) is 0 Å². The SMILES string of the molecule is CCNCc1cc(/C=C/C(=O)N(C)CC2=CCc3ccccc3N2C)cnc1NC=O. The van der Waals surface area contributed by atoms with Crippen molar-refractivity contribution in [1.29, 1.82) is 0 Å². The molecule has 7 heteroatoms. The van der Waals surface area contributed by atoms with Crippen molar-refractivity contribution in [1.82, 2.24) is 15.2 Å². The van der Waals surface area contributed by atoms with Gasteiger partial charge in [0.15, 0.2) is 0 Å². The average molecular weight is 420 g/mol. The number of para-hydroxylation sites is 1. The number of hydrogen-bond acceptors (Lipinski definition) is 5. The van der Waals surface area contributed by atoms with E-state index in [0.717, 1.165) is 29.8 Å². The molecule has 1 aromatic heterocycles. The lowest BCUT2D eigenvalue weighted by atomic mass is 10.0. The van der Waals surface area contributed by atoms with E-state index in [1.807, 2.05) is 32.2 Å². The summed E-state index contributed by atoms with van der Waals surface area (Å²) in [5.41, 5.74) is 5.23. The summed E-state index contributed by atoms with van der Waals surface area (Å²) in [4.78, 5) is 31.6. The molecule has 0 bridgehead atoms. The number of rotatable bonds is 9. The van der Waals surface area contributed by atoms with E-state index in [2.05, 4.69) is 38.7 Å². The molecule has 0 saturated carbocycles. The van der Waals surface area contributed by atoms with Crippen molar-refractivity contribution >= 4 is 29.9 Å². The van der Waals surface area contributed by atoms with Crippen LogP contribution in [0.4, 0.5) is 11.5 Å². The molecule has 7 nitrogen and oxygen atoms in total. The lowest BCUT2D eigenvalue weighted by molar-refractivity contribution is -0.124. The zero-order valence-electron chi connectivity index (χ0n) is 18.3. The van der Waals surface area contributed by atoms with E-state index in [-0.39, 0.29) is 5.91 Å². The number of likely N-dealkylation sites (N-methyl/N-ethyl adjacent to an activating group) is 2. The molecule has 1 aromatic carbocycles. The first-order valence-corrected chi connectivity index (χ1v) is 10.4. The Morgan fingerprint density at radius 1 is 1.32 bits per heavy atom. The van der Waals surface area contributed by atoms with Gasteiger partial charge >= 0.3 is 0 Å². The van der Waals surface area contributed by atoms with Crippen LogP contribution in [-0.4, -0.2) is 49.4 Å². The van der Waals surface area contributed by atoms with Gasteiger partial charge in [0.1, 0.15) is 5.82 Å². The molecule has 2 amide bonds. The third-order valence-corrected chi connectivity index (χ3v) is 5.28. The summed E-state index contributed by atoms with van der Waals surface area (Å²) in [6.45, 7) is 3.92. The molecule has 31 heavy (non-hydrogen) atoms. The highest BCUT2D eigenvalue weighted by Crippen LogP contribution is 2.28. The molecule has 0 atom stereocenters. The van der Waals surface area contributed by atoms with Crippen LogP contribution in [0.3, 0.4) is 0 Å². The summed E-state index contributed by atoms with van der Waals surface area (Å²) in [5.74, 6) is 0.431. The molecular weight excluding hydrogens is 390 g/mol. The minimum absolute atomic E-state index is 0.0866. The first-order chi connectivity index (χ1) is 15.0. The maximum atomic E-state index is 12.7. The highest BCUT2D eigenvalue weighted by atomic mass is 16.2. The zero-order chi connectivity index (χ0) is 22.2. The van der Waals surface area contributed by atoms with E-state index < -0.39 is 0 Å². The summed E-state index contributed by atoms with van der Waals surface area (Å²) >= 11 is 0. The minimum Gasteiger partial charge on any atom is -0.347 e. The maximum absolute atomic E-state index is 12.7. The van der Waals surface area contributed by atoms with Crippen LogP contribution in [0.25, 0.3) is 6.08 Å². The van der Waals surface area contributed by atoms with E-state index in [9.17, 15) is 9.59 Å². The normalized spacial score (nSPS) is 13.0. The van der Waals surface area contributed by atoms with Crippen molar-refractivity contribution in [3.05, 3.63) is 71.1 Å². The summed E-state index contributed by atoms with van der Waals surface area (Å²) in [7, 11) is 3.83. The molecular formula is C24H29N5O2. The molecule has 0 radical (unpaired) electrons. The summed E-state index contributed by atoms with van der Waals surface area (Å²) in [6.07, 6.45) is 8.60. The van der Waals surface area contributed by atoms with Gasteiger partial charge in [0, 0.05) is 49.9 Å². The lowest BCUT2D eigenvalue weighted by Crippen LogP contribution is -2.33. The molecule has 2 N–H and O–H groups in total. The Balaban J connectivity index is 1.65. The molecule has 2 heterocycles. The number of hydrogen-bond donors (Lipinski definition) is 2. The zero-order valence-corrected chi connectivity index (χ0v) is 18.3. The molecule has 0 saturated heterocycles. The predicted octanol–water partition coefficient (Wildman–Crippen LogP) is 2.81. The van der Waals surface area contributed by atoms with E-state index in [4.69, 9.17) is 0 Å². The van der Waals surface area contributed by atoms with E-state index in [0.29, 0.717) is 25.3 Å². The van der Waals surface area contributed by atoms with Gasteiger partial charge in [0.25, 0.3) is 0 Å². The Labute approximate surface area is 183 Å². The number of anilines is 2. The van der Waals surface area contributed by atoms with Crippen molar-refractivity contribution in [3.8, 4) is 0 Å². The highest BCUT2D eigenvalue weighted by molar-refractivity contribution is 5.92. The van der Waals surface area contributed by atoms with Gasteiger partial charge in [0.2, 0.25) is 12.3 Å². The summed E-state index contributed by atoms with van der Waals surface area (Å²) in [5, 5.41) is 5.83. The third kappa shape index (κ3) is 5.58. The van der Waals surface area contributed by atoms with E-state index in [1.165, 1.54) is 11.3 Å². The number of nitrogens with zero attached hydrogens (tertiary/aromatic N) is 3. The van der Waals surface area contributed by atoms with Crippen LogP contribution in [0.15, 0.2) is 54.4 Å². The van der Waals surface area contributed by atoms with Crippen molar-refractivity contribution in [2.45, 2.75) is 19.9 Å². The Bertz CT molecular complexity index is 999. The highest BCUT2D eigenvalue weighted by Gasteiger charge is 2.18. The second kappa shape index (κ2) is 10.5. The Hall–Kier alpha value is -3.45. The predicted molar refractivity (Wildman–Crippen MR) is 125 cm³/mol. The van der Waals surface area contributed by atoms with Gasteiger partial charge < -0.3 is 20.4 Å². The number of nitrogens with one attached hydrogen (secondary N) is 2. The molecule has 2 aromatic rings. The van der Waals surface area contributed by atoms with E-state index in [1.54, 1.807) is 30.3 Å². The van der Waals surface area contributed by atoms with Crippen LogP contribution >= 0.6 is 0 Å². The standard InChI is InChI=1S/C24H29N5O2/c1-4-25-15-20-13-18(14-26-24(20)27-17-30)9-12-23(31)28(2)16-21-11-10-19-7-5-6-8-22(19)29(21)3/h5-9,11-14,17,25H,4,10,15-16H2,1-3H3,(H,26,27,30)/b12-9+. The Morgan fingerprint density at radius 3 is 2.90 bits per heavy atom. The van der Waals surface area contributed by atoms with Gasteiger partial charge in [0.05, 0.1) is 6.54 Å². The fourth-order valence-electron chi connectivity index (χ4n) is 3.52. The number of amides is 2. The summed E-state index contributed by atoms with van der Waals surface area (Å²) < 4.78 is 0. The third-order valence-electron chi connectivity index (χ3n) is 5.28. The Kier molecular flexibility index (Phi) is 7.56. The molecule has 162 valence electrons. The molecule has 1 aliphatic heterocycles. The summed E-state index contributed by atoms with van der Waals surface area (Å²) in [6, 6.07) is 10.2. The lowest BCUT2D eigenvalue weighted by Gasteiger charge is -2.31. The van der Waals surface area contributed by atoms with E-state index >= 15 is 0 Å². The molecule has 3 rings (SSSR count). The fraction of sp³-hybridized carbons (Fsp3) is 0.292. The molecule has 0 fully saturated rings.